The van der Waals surface area contributed by atoms with Crippen molar-refractivity contribution in [2.24, 2.45) is 0 Å². The van der Waals surface area contributed by atoms with E-state index >= 15 is 0 Å². The molecule has 0 fully saturated rings. The number of hydrogen-bond acceptors (Lipinski definition) is 6. The van der Waals surface area contributed by atoms with E-state index in [4.69, 9.17) is 4.74 Å². The van der Waals surface area contributed by atoms with Gasteiger partial charge in [-0.3, -0.25) is 0 Å². The Labute approximate surface area is 86.1 Å². The molecule has 0 aliphatic heterocycles. The summed E-state index contributed by atoms with van der Waals surface area (Å²) >= 11 is 0. The number of nitrogens with zero attached hydrogens (tertiary/aromatic N) is 5. The highest BCUT2D eigenvalue weighted by Gasteiger charge is 2.12. The minimum atomic E-state index is 0.533. The SMILES string of the molecule is CNc1ncnc(-n2cncn2)c1OC. The Hall–Kier alpha value is -2.18. The summed E-state index contributed by atoms with van der Waals surface area (Å²) in [5, 5.41) is 6.89. The number of ether oxygens (including phenoxy) is 1. The molecule has 1 N–H and O–H groups in total. The molecule has 0 atom stereocenters. The summed E-state index contributed by atoms with van der Waals surface area (Å²) in [4.78, 5) is 12.0. The monoisotopic (exact) mass is 206 g/mol. The second-order valence-corrected chi connectivity index (χ2v) is 2.67. The van der Waals surface area contributed by atoms with Gasteiger partial charge >= 0.3 is 0 Å². The van der Waals surface area contributed by atoms with Gasteiger partial charge in [0.25, 0.3) is 0 Å². The van der Waals surface area contributed by atoms with Crippen LogP contribution >= 0.6 is 0 Å². The van der Waals surface area contributed by atoms with Crippen LogP contribution in [0.3, 0.4) is 0 Å². The predicted octanol–water partition coefficient (Wildman–Crippen LogP) is 0.108. The molecule has 7 nitrogen and oxygen atoms in total. The van der Waals surface area contributed by atoms with E-state index in [0.717, 1.165) is 0 Å². The van der Waals surface area contributed by atoms with Gasteiger partial charge in [-0.05, 0) is 0 Å². The molecule has 0 aliphatic carbocycles. The van der Waals surface area contributed by atoms with E-state index < -0.39 is 0 Å². The van der Waals surface area contributed by atoms with Crippen LogP contribution in [0, 0.1) is 0 Å². The zero-order valence-electron chi connectivity index (χ0n) is 8.38. The van der Waals surface area contributed by atoms with Crippen LogP contribution in [-0.2, 0) is 0 Å². The van der Waals surface area contributed by atoms with Crippen LogP contribution < -0.4 is 10.1 Å². The van der Waals surface area contributed by atoms with Crippen LogP contribution in [0.5, 0.6) is 5.75 Å². The Morgan fingerprint density at radius 2 is 2.20 bits per heavy atom. The first-order valence-electron chi connectivity index (χ1n) is 4.28. The van der Waals surface area contributed by atoms with Gasteiger partial charge in [0.15, 0.2) is 5.82 Å². The fraction of sp³-hybridized carbons (Fsp3) is 0.250. The van der Waals surface area contributed by atoms with E-state index in [1.54, 1.807) is 20.5 Å². The second-order valence-electron chi connectivity index (χ2n) is 2.67. The lowest BCUT2D eigenvalue weighted by atomic mass is 10.4. The van der Waals surface area contributed by atoms with Crippen molar-refractivity contribution in [1.82, 2.24) is 24.7 Å². The van der Waals surface area contributed by atoms with E-state index in [1.165, 1.54) is 17.3 Å². The molecule has 0 amide bonds. The Balaban J connectivity index is 2.56. The Morgan fingerprint density at radius 1 is 1.33 bits per heavy atom. The fourth-order valence-corrected chi connectivity index (χ4v) is 1.21. The lowest BCUT2D eigenvalue weighted by molar-refractivity contribution is 0.409. The van der Waals surface area contributed by atoms with Gasteiger partial charge in [0, 0.05) is 7.05 Å². The first-order valence-corrected chi connectivity index (χ1v) is 4.28. The van der Waals surface area contributed by atoms with Gasteiger partial charge in [-0.25, -0.2) is 15.0 Å². The van der Waals surface area contributed by atoms with E-state index in [2.05, 4.69) is 25.4 Å². The lowest BCUT2D eigenvalue weighted by Crippen LogP contribution is -2.05. The second kappa shape index (κ2) is 3.91. The van der Waals surface area contributed by atoms with Crippen molar-refractivity contribution in [3.63, 3.8) is 0 Å². The van der Waals surface area contributed by atoms with Gasteiger partial charge in [-0.2, -0.15) is 9.78 Å². The highest BCUT2D eigenvalue weighted by atomic mass is 16.5. The van der Waals surface area contributed by atoms with Crippen LogP contribution in [0.2, 0.25) is 0 Å². The molecule has 78 valence electrons. The van der Waals surface area contributed by atoms with Crippen molar-refractivity contribution >= 4 is 5.82 Å². The molecule has 2 aromatic rings. The molecule has 15 heavy (non-hydrogen) atoms. The number of rotatable bonds is 3. The molecule has 7 heteroatoms. The van der Waals surface area contributed by atoms with Crippen molar-refractivity contribution in [2.75, 3.05) is 19.5 Å². The molecule has 0 unspecified atom stereocenters. The summed E-state index contributed by atoms with van der Waals surface area (Å²) in [7, 11) is 3.32. The Kier molecular flexibility index (Phi) is 2.44. The number of methoxy groups -OCH3 is 1. The van der Waals surface area contributed by atoms with Crippen molar-refractivity contribution < 1.29 is 4.74 Å². The summed E-state index contributed by atoms with van der Waals surface area (Å²) in [5.41, 5.74) is 0. The molecule has 0 radical (unpaired) electrons. The molecular formula is C8H10N6O. The highest BCUT2D eigenvalue weighted by molar-refractivity contribution is 5.57. The number of aromatic nitrogens is 5. The van der Waals surface area contributed by atoms with E-state index in [9.17, 15) is 0 Å². The minimum absolute atomic E-state index is 0.533. The zero-order chi connectivity index (χ0) is 10.7. The van der Waals surface area contributed by atoms with Crippen LogP contribution in [0.15, 0.2) is 19.0 Å². The van der Waals surface area contributed by atoms with Gasteiger partial charge in [0.05, 0.1) is 7.11 Å². The molecule has 2 heterocycles. The van der Waals surface area contributed by atoms with Gasteiger partial charge in [-0.1, -0.05) is 0 Å². The van der Waals surface area contributed by atoms with E-state index in [-0.39, 0.29) is 0 Å². The van der Waals surface area contributed by atoms with Gasteiger partial charge in [0.2, 0.25) is 11.6 Å². The molecule has 0 saturated heterocycles. The standard InChI is InChI=1S/C8H10N6O/c1-9-7-6(15-2)8(12-4-11-7)14-5-10-3-13-14/h3-5H,1-2H3,(H,9,11,12). The summed E-state index contributed by atoms with van der Waals surface area (Å²) in [6.07, 6.45) is 4.41. The van der Waals surface area contributed by atoms with Gasteiger partial charge in [-0.15, -0.1) is 0 Å². The third-order valence-corrected chi connectivity index (χ3v) is 1.86. The third-order valence-electron chi connectivity index (χ3n) is 1.86. The normalized spacial score (nSPS) is 10.0. The average Bonchev–Trinajstić information content (AvgIpc) is 2.81. The molecule has 2 rings (SSSR count). The maximum absolute atomic E-state index is 5.22. The smallest absolute Gasteiger partial charge is 0.206 e. The summed E-state index contributed by atoms with van der Waals surface area (Å²) in [6.45, 7) is 0. The first-order chi connectivity index (χ1) is 7.36. The summed E-state index contributed by atoms with van der Waals surface area (Å²) < 4.78 is 6.73. The zero-order valence-corrected chi connectivity index (χ0v) is 8.38. The van der Waals surface area contributed by atoms with Crippen LogP contribution in [0.25, 0.3) is 5.82 Å². The number of hydrogen-bond donors (Lipinski definition) is 1. The molecule has 0 bridgehead atoms. The van der Waals surface area contributed by atoms with Crippen LogP contribution in [0.1, 0.15) is 0 Å². The van der Waals surface area contributed by atoms with Crippen molar-refractivity contribution in [1.29, 1.82) is 0 Å². The maximum Gasteiger partial charge on any atom is 0.206 e. The van der Waals surface area contributed by atoms with Gasteiger partial charge in [0.1, 0.15) is 19.0 Å². The molecule has 0 spiro atoms. The van der Waals surface area contributed by atoms with Crippen molar-refractivity contribution in [3.8, 4) is 11.6 Å². The quantitative estimate of drug-likeness (QED) is 0.767. The van der Waals surface area contributed by atoms with Crippen molar-refractivity contribution in [3.05, 3.63) is 19.0 Å². The van der Waals surface area contributed by atoms with E-state index in [1.807, 2.05) is 0 Å². The average molecular weight is 206 g/mol. The Bertz CT molecular complexity index is 440. The third kappa shape index (κ3) is 1.58. The summed E-state index contributed by atoms with van der Waals surface area (Å²) in [5.74, 6) is 1.69. The highest BCUT2D eigenvalue weighted by Crippen LogP contribution is 2.26. The lowest BCUT2D eigenvalue weighted by Gasteiger charge is -2.09. The predicted molar refractivity (Wildman–Crippen MR) is 53.0 cm³/mol. The van der Waals surface area contributed by atoms with E-state index in [0.29, 0.717) is 17.4 Å². The molecule has 0 aliphatic rings. The topological polar surface area (TPSA) is 77.8 Å². The summed E-state index contributed by atoms with van der Waals surface area (Å²) in [6, 6.07) is 0. The number of nitrogens with one attached hydrogen (secondary N) is 1. The molecule has 2 aromatic heterocycles. The largest absolute Gasteiger partial charge is 0.490 e. The molecular weight excluding hydrogens is 196 g/mol. The van der Waals surface area contributed by atoms with Crippen molar-refractivity contribution in [2.45, 2.75) is 0 Å². The molecule has 0 aromatic carbocycles. The van der Waals surface area contributed by atoms with Gasteiger partial charge < -0.3 is 10.1 Å². The fourth-order valence-electron chi connectivity index (χ4n) is 1.21. The Morgan fingerprint density at radius 3 is 2.80 bits per heavy atom. The minimum Gasteiger partial charge on any atom is -0.490 e. The molecule has 0 saturated carbocycles. The maximum atomic E-state index is 5.22. The first kappa shape index (κ1) is 9.38. The van der Waals surface area contributed by atoms with Crippen LogP contribution in [0.4, 0.5) is 5.82 Å². The number of anilines is 1. The van der Waals surface area contributed by atoms with Crippen LogP contribution in [-0.4, -0.2) is 38.9 Å².